The highest BCUT2D eigenvalue weighted by Gasteiger charge is 2.05. The van der Waals surface area contributed by atoms with Crippen molar-refractivity contribution >= 4 is 22.9 Å². The van der Waals surface area contributed by atoms with Crippen molar-refractivity contribution in [1.29, 1.82) is 0 Å². The van der Waals surface area contributed by atoms with Gasteiger partial charge in [-0.15, -0.1) is 22.9 Å². The number of hydrogen-bond donors (Lipinski definition) is 0. The van der Waals surface area contributed by atoms with Crippen LogP contribution in [0.2, 0.25) is 0 Å². The van der Waals surface area contributed by atoms with E-state index in [0.717, 1.165) is 12.4 Å². The van der Waals surface area contributed by atoms with E-state index in [-0.39, 0.29) is 0 Å². The second-order valence-electron chi connectivity index (χ2n) is 3.22. The van der Waals surface area contributed by atoms with E-state index >= 15 is 0 Å². The Balaban J connectivity index is 1.97. The van der Waals surface area contributed by atoms with Crippen molar-refractivity contribution < 1.29 is 4.74 Å². The normalized spacial score (nSPS) is 10.8. The fourth-order valence-corrected chi connectivity index (χ4v) is 2.29. The van der Waals surface area contributed by atoms with Crippen LogP contribution in [0.1, 0.15) is 0 Å². The van der Waals surface area contributed by atoms with Crippen molar-refractivity contribution in [2.75, 3.05) is 19.1 Å². The van der Waals surface area contributed by atoms with Crippen LogP contribution < -0.4 is 0 Å². The second kappa shape index (κ2) is 6.03. The summed E-state index contributed by atoms with van der Waals surface area (Å²) < 4.78 is 7.45. The first-order valence-corrected chi connectivity index (χ1v) is 6.52. The SMILES string of the molecule is ClCCOCCn1ccnc1-c1cccs1. The molecule has 2 aromatic heterocycles. The summed E-state index contributed by atoms with van der Waals surface area (Å²) in [5, 5.41) is 2.05. The molecular formula is C11H13ClN2OS. The zero-order chi connectivity index (χ0) is 11.2. The van der Waals surface area contributed by atoms with Crippen LogP contribution in [0.25, 0.3) is 10.7 Å². The van der Waals surface area contributed by atoms with Crippen molar-refractivity contribution in [2.24, 2.45) is 0 Å². The lowest BCUT2D eigenvalue weighted by molar-refractivity contribution is 0.141. The minimum Gasteiger partial charge on any atom is -0.378 e. The van der Waals surface area contributed by atoms with E-state index < -0.39 is 0 Å². The molecule has 0 N–H and O–H groups in total. The van der Waals surface area contributed by atoms with Crippen molar-refractivity contribution in [3.05, 3.63) is 29.9 Å². The highest BCUT2D eigenvalue weighted by molar-refractivity contribution is 7.13. The molecule has 0 saturated carbocycles. The molecule has 0 unspecified atom stereocenters. The van der Waals surface area contributed by atoms with Crippen LogP contribution in [-0.4, -0.2) is 28.6 Å². The zero-order valence-corrected chi connectivity index (χ0v) is 10.4. The van der Waals surface area contributed by atoms with Gasteiger partial charge in [-0.05, 0) is 11.4 Å². The van der Waals surface area contributed by atoms with E-state index in [9.17, 15) is 0 Å². The van der Waals surface area contributed by atoms with Gasteiger partial charge in [0.15, 0.2) is 0 Å². The number of ether oxygens (including phenoxy) is 1. The first kappa shape index (κ1) is 11.6. The Hall–Kier alpha value is -0.840. The van der Waals surface area contributed by atoms with Gasteiger partial charge in [-0.3, -0.25) is 0 Å². The first-order valence-electron chi connectivity index (χ1n) is 5.10. The number of nitrogens with zero attached hydrogens (tertiary/aromatic N) is 2. The number of alkyl halides is 1. The molecule has 0 radical (unpaired) electrons. The predicted octanol–water partition coefficient (Wildman–Crippen LogP) is 2.87. The highest BCUT2D eigenvalue weighted by Crippen LogP contribution is 2.22. The summed E-state index contributed by atoms with van der Waals surface area (Å²) >= 11 is 7.23. The lowest BCUT2D eigenvalue weighted by Crippen LogP contribution is -2.07. The third kappa shape index (κ3) is 2.84. The molecule has 3 nitrogen and oxygen atoms in total. The Labute approximate surface area is 104 Å². The molecule has 0 fully saturated rings. The fraction of sp³-hybridized carbons (Fsp3) is 0.364. The van der Waals surface area contributed by atoms with Gasteiger partial charge in [0.2, 0.25) is 0 Å². The Morgan fingerprint density at radius 3 is 3.12 bits per heavy atom. The average Bonchev–Trinajstić information content (AvgIpc) is 2.94. The largest absolute Gasteiger partial charge is 0.378 e. The molecule has 16 heavy (non-hydrogen) atoms. The van der Waals surface area contributed by atoms with Gasteiger partial charge in [-0.25, -0.2) is 4.98 Å². The van der Waals surface area contributed by atoms with E-state index in [1.165, 1.54) is 4.88 Å². The summed E-state index contributed by atoms with van der Waals surface area (Å²) in [6.45, 7) is 2.08. The van der Waals surface area contributed by atoms with E-state index in [4.69, 9.17) is 16.3 Å². The van der Waals surface area contributed by atoms with Crippen molar-refractivity contribution in [2.45, 2.75) is 6.54 Å². The van der Waals surface area contributed by atoms with E-state index in [0.29, 0.717) is 19.1 Å². The summed E-state index contributed by atoms with van der Waals surface area (Å²) in [4.78, 5) is 5.53. The Bertz CT molecular complexity index is 413. The molecule has 0 saturated heterocycles. The van der Waals surface area contributed by atoms with Gasteiger partial charge in [0.1, 0.15) is 5.82 Å². The summed E-state index contributed by atoms with van der Waals surface area (Å²) in [6, 6.07) is 4.10. The molecule has 0 aliphatic heterocycles. The van der Waals surface area contributed by atoms with Gasteiger partial charge >= 0.3 is 0 Å². The molecule has 5 heteroatoms. The van der Waals surface area contributed by atoms with Gasteiger partial charge in [0, 0.05) is 24.8 Å². The average molecular weight is 257 g/mol. The molecule has 0 bridgehead atoms. The number of aromatic nitrogens is 2. The third-order valence-electron chi connectivity index (χ3n) is 2.16. The van der Waals surface area contributed by atoms with E-state index in [2.05, 4.69) is 21.0 Å². The Kier molecular flexibility index (Phi) is 4.39. The van der Waals surface area contributed by atoms with E-state index in [1.807, 2.05) is 18.5 Å². The number of rotatable bonds is 6. The van der Waals surface area contributed by atoms with Crippen LogP contribution in [0.15, 0.2) is 29.9 Å². The third-order valence-corrected chi connectivity index (χ3v) is 3.18. The highest BCUT2D eigenvalue weighted by atomic mass is 35.5. The number of hydrogen-bond acceptors (Lipinski definition) is 3. The van der Waals surface area contributed by atoms with Crippen LogP contribution in [0.3, 0.4) is 0 Å². The van der Waals surface area contributed by atoms with Crippen LogP contribution >= 0.6 is 22.9 Å². The lowest BCUT2D eigenvalue weighted by atomic mass is 10.4. The minimum atomic E-state index is 0.543. The Morgan fingerprint density at radius 2 is 2.38 bits per heavy atom. The standard InChI is InChI=1S/C11H13ClN2OS/c12-3-7-15-8-6-14-5-4-13-11(14)10-2-1-9-16-10/h1-2,4-5,9H,3,6-8H2. The van der Waals surface area contributed by atoms with E-state index in [1.54, 1.807) is 11.3 Å². The molecular weight excluding hydrogens is 244 g/mol. The predicted molar refractivity (Wildman–Crippen MR) is 67.1 cm³/mol. The molecule has 0 aliphatic rings. The van der Waals surface area contributed by atoms with Crippen molar-refractivity contribution in [3.63, 3.8) is 0 Å². The molecule has 0 aromatic carbocycles. The summed E-state index contributed by atoms with van der Waals surface area (Å²) in [6.07, 6.45) is 3.79. The summed E-state index contributed by atoms with van der Waals surface area (Å²) in [7, 11) is 0. The van der Waals surface area contributed by atoms with Crippen LogP contribution in [0, 0.1) is 0 Å². The lowest BCUT2D eigenvalue weighted by Gasteiger charge is -2.06. The molecule has 0 amide bonds. The Morgan fingerprint density at radius 1 is 1.44 bits per heavy atom. The van der Waals surface area contributed by atoms with Gasteiger partial charge < -0.3 is 9.30 Å². The molecule has 2 heterocycles. The molecule has 86 valence electrons. The number of imidazole rings is 1. The first-order chi connectivity index (χ1) is 7.92. The molecule has 0 spiro atoms. The van der Waals surface area contributed by atoms with Gasteiger partial charge in [0.05, 0.1) is 18.1 Å². The molecule has 2 rings (SSSR count). The molecule has 0 atom stereocenters. The fourth-order valence-electron chi connectivity index (χ4n) is 1.44. The maximum Gasteiger partial charge on any atom is 0.150 e. The smallest absolute Gasteiger partial charge is 0.150 e. The van der Waals surface area contributed by atoms with Gasteiger partial charge in [-0.2, -0.15) is 0 Å². The maximum absolute atomic E-state index is 5.53. The minimum absolute atomic E-state index is 0.543. The van der Waals surface area contributed by atoms with Crippen LogP contribution in [-0.2, 0) is 11.3 Å². The zero-order valence-electron chi connectivity index (χ0n) is 8.80. The van der Waals surface area contributed by atoms with Gasteiger partial charge in [0.25, 0.3) is 0 Å². The summed E-state index contributed by atoms with van der Waals surface area (Å²) in [5.41, 5.74) is 0. The molecule has 0 aliphatic carbocycles. The van der Waals surface area contributed by atoms with Crippen LogP contribution in [0.5, 0.6) is 0 Å². The number of halogens is 1. The summed E-state index contributed by atoms with van der Waals surface area (Å²) in [5.74, 6) is 1.55. The van der Waals surface area contributed by atoms with Gasteiger partial charge in [-0.1, -0.05) is 6.07 Å². The quantitative estimate of drug-likeness (QED) is 0.587. The molecule has 2 aromatic rings. The maximum atomic E-state index is 5.53. The van der Waals surface area contributed by atoms with Crippen molar-refractivity contribution in [1.82, 2.24) is 9.55 Å². The van der Waals surface area contributed by atoms with Crippen molar-refractivity contribution in [3.8, 4) is 10.7 Å². The second-order valence-corrected chi connectivity index (χ2v) is 4.55. The van der Waals surface area contributed by atoms with Crippen LogP contribution in [0.4, 0.5) is 0 Å². The number of thiophene rings is 1. The monoisotopic (exact) mass is 256 g/mol. The topological polar surface area (TPSA) is 27.1 Å².